The van der Waals surface area contributed by atoms with E-state index >= 15 is 0 Å². The first-order chi connectivity index (χ1) is 8.22. The highest BCUT2D eigenvalue weighted by atomic mass is 15.3. The van der Waals surface area contributed by atoms with Crippen LogP contribution in [0, 0.1) is 23.7 Å². The Kier molecular flexibility index (Phi) is 2.21. The lowest BCUT2D eigenvalue weighted by Gasteiger charge is -2.42. The molecule has 3 saturated carbocycles. The molecule has 96 valence electrons. The van der Waals surface area contributed by atoms with Gasteiger partial charge in [0.15, 0.2) is 0 Å². The maximum absolute atomic E-state index is 3.72. The molecular weight excluding hydrogens is 208 g/mol. The van der Waals surface area contributed by atoms with Crippen LogP contribution in [0.3, 0.4) is 0 Å². The van der Waals surface area contributed by atoms with E-state index in [1.165, 1.54) is 26.1 Å². The van der Waals surface area contributed by atoms with E-state index in [0.29, 0.717) is 5.54 Å². The average molecular weight is 234 g/mol. The zero-order valence-electron chi connectivity index (χ0n) is 11.3. The van der Waals surface area contributed by atoms with Gasteiger partial charge in [-0.15, -0.1) is 0 Å². The molecule has 2 heteroatoms. The Balaban J connectivity index is 1.47. The van der Waals surface area contributed by atoms with Crippen LogP contribution in [0.5, 0.6) is 0 Å². The zero-order valence-corrected chi connectivity index (χ0v) is 11.3. The minimum Gasteiger partial charge on any atom is -0.309 e. The summed E-state index contributed by atoms with van der Waals surface area (Å²) >= 11 is 0. The maximum Gasteiger partial charge on any atom is 0.0278 e. The topological polar surface area (TPSA) is 15.3 Å². The van der Waals surface area contributed by atoms with Gasteiger partial charge in [-0.3, -0.25) is 4.90 Å². The lowest BCUT2D eigenvalue weighted by atomic mass is 9.95. The lowest BCUT2D eigenvalue weighted by molar-refractivity contribution is 0.115. The SMILES string of the molecule is CCC1(C)CN(C2C3C4CCC(C4)C32)CCN1. The zero-order chi connectivity index (χ0) is 11.6. The van der Waals surface area contributed by atoms with Crippen LogP contribution in [0.1, 0.15) is 39.5 Å². The molecule has 1 heterocycles. The first kappa shape index (κ1) is 10.8. The Morgan fingerprint density at radius 2 is 1.94 bits per heavy atom. The van der Waals surface area contributed by atoms with Gasteiger partial charge in [-0.05, 0) is 56.3 Å². The summed E-state index contributed by atoms with van der Waals surface area (Å²) in [5, 5.41) is 3.72. The molecule has 2 nitrogen and oxygen atoms in total. The van der Waals surface area contributed by atoms with E-state index < -0.39 is 0 Å². The molecule has 4 rings (SSSR count). The highest BCUT2D eigenvalue weighted by Gasteiger charge is 2.66. The predicted molar refractivity (Wildman–Crippen MR) is 69.9 cm³/mol. The van der Waals surface area contributed by atoms with Crippen LogP contribution >= 0.6 is 0 Å². The molecule has 0 amide bonds. The smallest absolute Gasteiger partial charge is 0.0278 e. The van der Waals surface area contributed by atoms with Gasteiger partial charge in [0.2, 0.25) is 0 Å². The van der Waals surface area contributed by atoms with Crippen molar-refractivity contribution < 1.29 is 0 Å². The summed E-state index contributed by atoms with van der Waals surface area (Å²) in [6.07, 6.45) is 5.96. The highest BCUT2D eigenvalue weighted by molar-refractivity contribution is 5.18. The van der Waals surface area contributed by atoms with Crippen LogP contribution in [0.15, 0.2) is 0 Å². The number of hydrogen-bond donors (Lipinski definition) is 1. The molecule has 4 aliphatic rings. The molecule has 4 fully saturated rings. The number of fused-ring (bicyclic) bond motifs is 5. The van der Waals surface area contributed by atoms with Crippen molar-refractivity contribution in [3.63, 3.8) is 0 Å². The van der Waals surface area contributed by atoms with E-state index in [0.717, 1.165) is 29.7 Å². The van der Waals surface area contributed by atoms with Crippen LogP contribution < -0.4 is 5.32 Å². The molecule has 1 saturated heterocycles. The minimum absolute atomic E-state index is 0.383. The van der Waals surface area contributed by atoms with Crippen molar-refractivity contribution >= 4 is 0 Å². The molecule has 3 aliphatic carbocycles. The molecule has 0 spiro atoms. The molecular formula is C15H26N2. The van der Waals surface area contributed by atoms with Gasteiger partial charge in [0.1, 0.15) is 0 Å². The van der Waals surface area contributed by atoms with Crippen LogP contribution in [0.2, 0.25) is 0 Å². The number of rotatable bonds is 2. The summed E-state index contributed by atoms with van der Waals surface area (Å²) in [6, 6.07) is 0.995. The van der Waals surface area contributed by atoms with E-state index in [1.807, 2.05) is 0 Å². The molecule has 0 radical (unpaired) electrons. The van der Waals surface area contributed by atoms with Crippen LogP contribution in [0.25, 0.3) is 0 Å². The monoisotopic (exact) mass is 234 g/mol. The number of hydrogen-bond acceptors (Lipinski definition) is 2. The summed E-state index contributed by atoms with van der Waals surface area (Å²) in [6.45, 7) is 8.53. The fourth-order valence-electron chi connectivity index (χ4n) is 5.34. The lowest BCUT2D eigenvalue weighted by Crippen LogP contribution is -2.59. The number of nitrogens with one attached hydrogen (secondary N) is 1. The molecule has 17 heavy (non-hydrogen) atoms. The molecule has 1 aliphatic heterocycles. The normalized spacial score (nSPS) is 57.2. The van der Waals surface area contributed by atoms with E-state index in [9.17, 15) is 0 Å². The summed E-state index contributed by atoms with van der Waals surface area (Å²) in [5.74, 6) is 4.48. The third kappa shape index (κ3) is 1.46. The second kappa shape index (κ2) is 3.48. The summed E-state index contributed by atoms with van der Waals surface area (Å²) in [7, 11) is 0. The Labute approximate surface area is 105 Å². The van der Waals surface area contributed by atoms with Crippen molar-refractivity contribution in [2.24, 2.45) is 23.7 Å². The molecule has 1 N–H and O–H groups in total. The van der Waals surface area contributed by atoms with Crippen molar-refractivity contribution in [1.82, 2.24) is 10.2 Å². The Bertz CT molecular complexity index is 313. The quantitative estimate of drug-likeness (QED) is 0.787. The van der Waals surface area contributed by atoms with E-state index in [4.69, 9.17) is 0 Å². The van der Waals surface area contributed by atoms with Gasteiger partial charge < -0.3 is 5.32 Å². The predicted octanol–water partition coefficient (Wildman–Crippen LogP) is 2.10. The molecule has 5 unspecified atom stereocenters. The van der Waals surface area contributed by atoms with Crippen LogP contribution in [-0.2, 0) is 0 Å². The average Bonchev–Trinajstić information content (AvgIpc) is 2.79. The fraction of sp³-hybridized carbons (Fsp3) is 1.00. The number of nitrogens with zero attached hydrogens (tertiary/aromatic N) is 1. The van der Waals surface area contributed by atoms with Crippen molar-refractivity contribution in [2.45, 2.75) is 51.1 Å². The minimum atomic E-state index is 0.383. The first-order valence-corrected chi connectivity index (χ1v) is 7.71. The molecule has 0 aromatic carbocycles. The largest absolute Gasteiger partial charge is 0.309 e. The Morgan fingerprint density at radius 3 is 2.59 bits per heavy atom. The molecule has 0 aromatic rings. The second-order valence-electron chi connectivity index (χ2n) is 7.29. The molecule has 0 aromatic heterocycles. The highest BCUT2D eigenvalue weighted by Crippen LogP contribution is 2.67. The van der Waals surface area contributed by atoms with E-state index in [-0.39, 0.29) is 0 Å². The standard InChI is InChI=1S/C15H26N2/c1-3-15(2)9-17(7-6-16-15)14-12-10-4-5-11(8-10)13(12)14/h10-14,16H,3-9H2,1-2H3. The van der Waals surface area contributed by atoms with Gasteiger partial charge >= 0.3 is 0 Å². The van der Waals surface area contributed by atoms with E-state index in [2.05, 4.69) is 24.1 Å². The molecule has 5 atom stereocenters. The fourth-order valence-corrected chi connectivity index (χ4v) is 5.34. The summed E-state index contributed by atoms with van der Waals surface area (Å²) < 4.78 is 0. The van der Waals surface area contributed by atoms with Gasteiger partial charge in [-0.1, -0.05) is 6.92 Å². The van der Waals surface area contributed by atoms with E-state index in [1.54, 1.807) is 19.3 Å². The Morgan fingerprint density at radius 1 is 1.24 bits per heavy atom. The van der Waals surface area contributed by atoms with Crippen molar-refractivity contribution in [3.8, 4) is 0 Å². The first-order valence-electron chi connectivity index (χ1n) is 7.71. The number of piperazine rings is 1. The molecule has 2 bridgehead atoms. The van der Waals surface area contributed by atoms with Gasteiger partial charge in [-0.2, -0.15) is 0 Å². The van der Waals surface area contributed by atoms with Gasteiger partial charge in [-0.25, -0.2) is 0 Å². The third-order valence-electron chi connectivity index (χ3n) is 6.40. The van der Waals surface area contributed by atoms with Gasteiger partial charge in [0.25, 0.3) is 0 Å². The summed E-state index contributed by atoms with van der Waals surface area (Å²) in [5.41, 5.74) is 0.383. The Hall–Kier alpha value is -0.0800. The van der Waals surface area contributed by atoms with Crippen LogP contribution in [0.4, 0.5) is 0 Å². The summed E-state index contributed by atoms with van der Waals surface area (Å²) in [4.78, 5) is 2.85. The van der Waals surface area contributed by atoms with Crippen molar-refractivity contribution in [1.29, 1.82) is 0 Å². The third-order valence-corrected chi connectivity index (χ3v) is 6.40. The maximum atomic E-state index is 3.72. The van der Waals surface area contributed by atoms with Crippen molar-refractivity contribution in [3.05, 3.63) is 0 Å². The second-order valence-corrected chi connectivity index (χ2v) is 7.29. The van der Waals surface area contributed by atoms with Crippen molar-refractivity contribution in [2.75, 3.05) is 19.6 Å². The van der Waals surface area contributed by atoms with Crippen LogP contribution in [-0.4, -0.2) is 36.1 Å². The van der Waals surface area contributed by atoms with Gasteiger partial charge in [0, 0.05) is 31.2 Å². The van der Waals surface area contributed by atoms with Gasteiger partial charge in [0.05, 0.1) is 0 Å².